The quantitative estimate of drug-likeness (QED) is 0.767. The van der Waals surface area contributed by atoms with Gasteiger partial charge in [-0.1, -0.05) is 24.8 Å². The lowest BCUT2D eigenvalue weighted by molar-refractivity contribution is -0.922. The van der Waals surface area contributed by atoms with Crippen molar-refractivity contribution in [3.8, 4) is 23.0 Å². The van der Waals surface area contributed by atoms with Gasteiger partial charge < -0.3 is 24.2 Å². The van der Waals surface area contributed by atoms with Crippen LogP contribution in [0, 0.1) is 5.92 Å². The normalized spacial score (nSPS) is 22.0. The highest BCUT2D eigenvalue weighted by molar-refractivity contribution is 6.15. The van der Waals surface area contributed by atoms with E-state index in [9.17, 15) is 9.90 Å². The van der Waals surface area contributed by atoms with Crippen LogP contribution >= 0.6 is 0 Å². The summed E-state index contributed by atoms with van der Waals surface area (Å²) in [6.07, 6.45) is 4.06. The van der Waals surface area contributed by atoms with Crippen LogP contribution in [0.15, 0.2) is 36.1 Å². The zero-order valence-corrected chi connectivity index (χ0v) is 17.6. The molecule has 2 unspecified atom stereocenters. The maximum absolute atomic E-state index is 12.9. The van der Waals surface area contributed by atoms with Gasteiger partial charge in [0.25, 0.3) is 0 Å². The molecule has 1 N–H and O–H groups in total. The summed E-state index contributed by atoms with van der Waals surface area (Å²) in [5, 5.41) is 12.6. The summed E-state index contributed by atoms with van der Waals surface area (Å²) in [6, 6.07) is 8.45. The minimum absolute atomic E-state index is 0.0698. The molecular weight excluding hydrogens is 382 g/mol. The number of rotatable bonds is 5. The van der Waals surface area contributed by atoms with Crippen LogP contribution in [0.2, 0.25) is 0 Å². The monoisotopic (exact) mass is 409 g/mol. The molecule has 30 heavy (non-hydrogen) atoms. The minimum atomic E-state index is -0.206. The fraction of sp³-hybridized carbons (Fsp3) is 0.375. The van der Waals surface area contributed by atoms with Crippen molar-refractivity contribution in [3.63, 3.8) is 0 Å². The molecular formula is C24H27NO5. The van der Waals surface area contributed by atoms with E-state index in [-0.39, 0.29) is 17.3 Å². The van der Waals surface area contributed by atoms with E-state index >= 15 is 0 Å². The Morgan fingerprint density at radius 3 is 2.73 bits per heavy atom. The third kappa shape index (κ3) is 3.87. The summed E-state index contributed by atoms with van der Waals surface area (Å²) in [4.78, 5) is 14.3. The predicted octanol–water partition coefficient (Wildman–Crippen LogP) is 2.21. The second-order valence-corrected chi connectivity index (χ2v) is 8.10. The first-order valence-corrected chi connectivity index (χ1v) is 10.3. The number of ketones is 1. The Morgan fingerprint density at radius 1 is 1.20 bits per heavy atom. The van der Waals surface area contributed by atoms with E-state index in [0.29, 0.717) is 40.8 Å². The van der Waals surface area contributed by atoms with E-state index in [1.807, 2.05) is 6.07 Å². The van der Waals surface area contributed by atoms with Crippen molar-refractivity contribution in [3.05, 3.63) is 52.8 Å². The molecule has 2 heterocycles. The van der Waals surface area contributed by atoms with E-state index < -0.39 is 0 Å². The van der Waals surface area contributed by atoms with Crippen LogP contribution in [0.1, 0.15) is 41.3 Å². The van der Waals surface area contributed by atoms with Crippen molar-refractivity contribution < 1.29 is 29.0 Å². The molecule has 1 saturated heterocycles. The van der Waals surface area contributed by atoms with E-state index in [2.05, 4.69) is 6.92 Å². The minimum Gasteiger partial charge on any atom is -0.872 e. The number of hydrogen-bond acceptors (Lipinski definition) is 5. The molecule has 1 fully saturated rings. The second-order valence-electron chi connectivity index (χ2n) is 8.10. The number of benzene rings is 2. The first kappa shape index (κ1) is 20.3. The van der Waals surface area contributed by atoms with Crippen LogP contribution in [-0.4, -0.2) is 33.1 Å². The second kappa shape index (κ2) is 8.40. The molecule has 2 atom stereocenters. The van der Waals surface area contributed by atoms with E-state index in [4.69, 9.17) is 14.2 Å². The average Bonchev–Trinajstić information content (AvgIpc) is 3.05. The molecule has 0 aliphatic carbocycles. The third-order valence-electron chi connectivity index (χ3n) is 5.89. The number of piperidine rings is 1. The molecule has 6 heteroatoms. The Kier molecular flexibility index (Phi) is 5.68. The number of quaternary nitrogens is 1. The fourth-order valence-corrected chi connectivity index (χ4v) is 4.36. The number of fused-ring (bicyclic) bond motifs is 1. The number of carbonyl (C=O) groups is 1. The molecule has 0 bridgehead atoms. The number of ether oxygens (including phenoxy) is 3. The number of hydrogen-bond donors (Lipinski definition) is 1. The average molecular weight is 409 g/mol. The Balaban J connectivity index is 1.63. The lowest BCUT2D eigenvalue weighted by atomic mass is 9.99. The van der Waals surface area contributed by atoms with E-state index in [1.54, 1.807) is 38.5 Å². The van der Waals surface area contributed by atoms with Gasteiger partial charge in [0.15, 0.2) is 17.3 Å². The number of likely N-dealkylation sites (tertiary alicyclic amines) is 1. The molecule has 2 aromatic carbocycles. The molecule has 158 valence electrons. The van der Waals surface area contributed by atoms with Gasteiger partial charge in [0.05, 0.1) is 32.9 Å². The predicted molar refractivity (Wildman–Crippen MR) is 111 cm³/mol. The number of methoxy groups -OCH3 is 2. The highest BCUT2D eigenvalue weighted by atomic mass is 16.5. The van der Waals surface area contributed by atoms with Crippen molar-refractivity contribution >= 4 is 11.9 Å². The fourth-order valence-electron chi connectivity index (χ4n) is 4.36. The molecule has 2 aromatic rings. The van der Waals surface area contributed by atoms with Crippen LogP contribution in [0.25, 0.3) is 6.08 Å². The van der Waals surface area contributed by atoms with Gasteiger partial charge in [0, 0.05) is 11.5 Å². The van der Waals surface area contributed by atoms with Crippen molar-refractivity contribution in [1.82, 2.24) is 0 Å². The maximum atomic E-state index is 12.9. The maximum Gasteiger partial charge on any atom is 0.231 e. The van der Waals surface area contributed by atoms with Crippen LogP contribution in [-0.2, 0) is 6.54 Å². The standard InChI is InChI=1S/C24H27NO5/c1-15-5-4-10-25(13-15)14-18-19(26)8-7-17-23(27)22(30-24(17)18)12-16-6-9-20(28-2)21(11-16)29-3/h6-9,11-12,15,26H,4-5,10,13-14H2,1-3H3. The number of Topliss-reactive ketones (excluding diaryl/α,β-unsaturated/α-hetero) is 1. The summed E-state index contributed by atoms with van der Waals surface area (Å²) in [7, 11) is 3.14. The molecule has 2 aliphatic heterocycles. The van der Waals surface area contributed by atoms with Gasteiger partial charge in [-0.3, -0.25) is 4.79 Å². The van der Waals surface area contributed by atoms with Gasteiger partial charge >= 0.3 is 0 Å². The first-order valence-electron chi connectivity index (χ1n) is 10.3. The molecule has 4 rings (SSSR count). The van der Waals surface area contributed by atoms with Crippen LogP contribution in [0.5, 0.6) is 23.0 Å². The SMILES string of the molecule is COc1ccc(C=C2Oc3c(ccc([O-])c3C[NH+]3CCCC(C)C3)C2=O)cc1OC. The van der Waals surface area contributed by atoms with Crippen molar-refractivity contribution in [1.29, 1.82) is 0 Å². The Morgan fingerprint density at radius 2 is 2.00 bits per heavy atom. The summed E-state index contributed by atoms with van der Waals surface area (Å²) in [5.74, 6) is 2.18. The Labute approximate surface area is 176 Å². The van der Waals surface area contributed by atoms with Crippen molar-refractivity contribution in [2.75, 3.05) is 27.3 Å². The smallest absolute Gasteiger partial charge is 0.231 e. The molecule has 0 saturated carbocycles. The van der Waals surface area contributed by atoms with Gasteiger partial charge in [0.2, 0.25) is 5.78 Å². The molecule has 0 spiro atoms. The highest BCUT2D eigenvalue weighted by Gasteiger charge is 2.31. The van der Waals surface area contributed by atoms with Crippen LogP contribution < -0.4 is 24.2 Å². The Bertz CT molecular complexity index is 997. The summed E-state index contributed by atoms with van der Waals surface area (Å²) in [6.45, 7) is 4.90. The largest absolute Gasteiger partial charge is 0.872 e. The number of nitrogens with one attached hydrogen (secondary N) is 1. The summed E-state index contributed by atoms with van der Waals surface area (Å²) >= 11 is 0. The van der Waals surface area contributed by atoms with Gasteiger partial charge in [0.1, 0.15) is 12.3 Å². The zero-order valence-electron chi connectivity index (χ0n) is 17.6. The lowest BCUT2D eigenvalue weighted by Crippen LogP contribution is -3.12. The summed E-state index contributed by atoms with van der Waals surface area (Å²) in [5.41, 5.74) is 1.81. The molecule has 6 nitrogen and oxygen atoms in total. The highest BCUT2D eigenvalue weighted by Crippen LogP contribution is 2.39. The van der Waals surface area contributed by atoms with Crippen molar-refractivity contribution in [2.45, 2.75) is 26.3 Å². The number of allylic oxidation sites excluding steroid dienone is 1. The van der Waals surface area contributed by atoms with Gasteiger partial charge in [-0.2, -0.15) is 0 Å². The zero-order chi connectivity index (χ0) is 21.3. The number of carbonyl (C=O) groups excluding carboxylic acids is 1. The molecule has 0 aromatic heterocycles. The Hall–Kier alpha value is -2.99. The first-order chi connectivity index (χ1) is 14.5. The van der Waals surface area contributed by atoms with Gasteiger partial charge in [-0.25, -0.2) is 0 Å². The van der Waals surface area contributed by atoms with Crippen LogP contribution in [0.3, 0.4) is 0 Å². The third-order valence-corrected chi connectivity index (χ3v) is 5.89. The van der Waals surface area contributed by atoms with E-state index in [0.717, 1.165) is 25.1 Å². The topological polar surface area (TPSA) is 72.3 Å². The molecule has 0 amide bonds. The van der Waals surface area contributed by atoms with E-state index in [1.165, 1.54) is 17.4 Å². The van der Waals surface area contributed by atoms with Gasteiger partial charge in [-0.05, 0) is 42.7 Å². The van der Waals surface area contributed by atoms with Gasteiger partial charge in [-0.15, -0.1) is 0 Å². The summed E-state index contributed by atoms with van der Waals surface area (Å²) < 4.78 is 16.6. The molecule has 2 aliphatic rings. The van der Waals surface area contributed by atoms with Crippen molar-refractivity contribution in [2.24, 2.45) is 5.92 Å². The lowest BCUT2D eigenvalue weighted by Gasteiger charge is -2.29. The van der Waals surface area contributed by atoms with Crippen LogP contribution in [0.4, 0.5) is 0 Å². The molecule has 0 radical (unpaired) electrons.